The molecule has 0 amide bonds. The number of aliphatic hydroxyl groups is 1. The fourth-order valence-electron chi connectivity index (χ4n) is 2.11. The molecule has 0 saturated carbocycles. The van der Waals surface area contributed by atoms with E-state index in [0.29, 0.717) is 6.42 Å². The summed E-state index contributed by atoms with van der Waals surface area (Å²) in [5, 5.41) is 9.26. The number of hydrogen-bond donors (Lipinski definition) is 1. The Labute approximate surface area is 103 Å². The van der Waals surface area contributed by atoms with Gasteiger partial charge in [-0.3, -0.25) is 4.79 Å². The van der Waals surface area contributed by atoms with Gasteiger partial charge in [0, 0.05) is 11.8 Å². The smallest absolute Gasteiger partial charge is 0.306 e. The van der Waals surface area contributed by atoms with Crippen molar-refractivity contribution in [2.45, 2.75) is 59.4 Å². The zero-order chi connectivity index (χ0) is 13.2. The normalized spacial score (nSPS) is 31.8. The minimum atomic E-state index is -0.406. The van der Waals surface area contributed by atoms with Crippen LogP contribution < -0.4 is 0 Å². The average Bonchev–Trinajstić information content (AvgIpc) is 2.40. The zero-order valence-corrected chi connectivity index (χ0v) is 11.4. The van der Waals surface area contributed by atoms with Gasteiger partial charge in [-0.05, 0) is 12.8 Å². The lowest BCUT2D eigenvalue weighted by Crippen LogP contribution is -2.40. The summed E-state index contributed by atoms with van der Waals surface area (Å²) in [5.74, 6) is 0.0622. The lowest BCUT2D eigenvalue weighted by Gasteiger charge is -2.29. The monoisotopic (exact) mass is 244 g/mol. The number of esters is 1. The zero-order valence-electron chi connectivity index (χ0n) is 11.4. The van der Waals surface area contributed by atoms with E-state index in [1.54, 1.807) is 0 Å². The summed E-state index contributed by atoms with van der Waals surface area (Å²) in [6, 6.07) is 0. The summed E-state index contributed by atoms with van der Waals surface area (Å²) in [7, 11) is 0. The molecule has 0 spiro atoms. The average molecular weight is 244 g/mol. The fraction of sp³-hybridized carbons (Fsp3) is 0.923. The van der Waals surface area contributed by atoms with Crippen LogP contribution in [0.15, 0.2) is 0 Å². The van der Waals surface area contributed by atoms with Crippen LogP contribution in [0.3, 0.4) is 0 Å². The second kappa shape index (κ2) is 5.36. The SMILES string of the molecule is CC(C)CC(=O)OC1C(CO)OC(C)C1(C)C. The summed E-state index contributed by atoms with van der Waals surface area (Å²) < 4.78 is 11.1. The fourth-order valence-corrected chi connectivity index (χ4v) is 2.11. The van der Waals surface area contributed by atoms with Gasteiger partial charge in [0.1, 0.15) is 12.2 Å². The van der Waals surface area contributed by atoms with Gasteiger partial charge < -0.3 is 14.6 Å². The standard InChI is InChI=1S/C13H24O4/c1-8(2)6-11(15)17-12-10(7-14)16-9(3)13(12,4)5/h8-10,12,14H,6-7H2,1-5H3. The molecule has 0 bridgehead atoms. The first-order valence-electron chi connectivity index (χ1n) is 6.24. The Morgan fingerprint density at radius 1 is 1.47 bits per heavy atom. The van der Waals surface area contributed by atoms with Crippen LogP contribution in [0.4, 0.5) is 0 Å². The first-order chi connectivity index (χ1) is 7.78. The van der Waals surface area contributed by atoms with E-state index in [2.05, 4.69) is 0 Å². The summed E-state index contributed by atoms with van der Waals surface area (Å²) >= 11 is 0. The Hall–Kier alpha value is -0.610. The molecule has 0 radical (unpaired) electrons. The lowest BCUT2D eigenvalue weighted by molar-refractivity contribution is -0.157. The molecule has 4 heteroatoms. The van der Waals surface area contributed by atoms with E-state index in [4.69, 9.17) is 9.47 Å². The molecule has 1 fully saturated rings. The molecule has 1 aliphatic heterocycles. The number of hydrogen-bond acceptors (Lipinski definition) is 4. The molecular formula is C13H24O4. The highest BCUT2D eigenvalue weighted by molar-refractivity contribution is 5.70. The molecule has 0 aromatic carbocycles. The molecule has 3 unspecified atom stereocenters. The van der Waals surface area contributed by atoms with Crippen LogP contribution in [0.25, 0.3) is 0 Å². The van der Waals surface area contributed by atoms with E-state index in [0.717, 1.165) is 0 Å². The van der Waals surface area contributed by atoms with Crippen LogP contribution in [0.1, 0.15) is 41.0 Å². The Morgan fingerprint density at radius 2 is 2.06 bits per heavy atom. The molecule has 0 aromatic heterocycles. The first-order valence-corrected chi connectivity index (χ1v) is 6.24. The third-order valence-corrected chi connectivity index (χ3v) is 3.51. The lowest BCUT2D eigenvalue weighted by atomic mass is 9.82. The Morgan fingerprint density at radius 3 is 2.53 bits per heavy atom. The maximum Gasteiger partial charge on any atom is 0.306 e. The molecule has 1 saturated heterocycles. The molecule has 1 rings (SSSR count). The number of rotatable bonds is 4. The molecule has 1 aliphatic rings. The number of aliphatic hydroxyl groups excluding tert-OH is 1. The van der Waals surface area contributed by atoms with Crippen molar-refractivity contribution < 1.29 is 19.4 Å². The predicted octanol–water partition coefficient (Wildman–Crippen LogP) is 1.75. The van der Waals surface area contributed by atoms with Crippen molar-refractivity contribution in [3.8, 4) is 0 Å². The van der Waals surface area contributed by atoms with Crippen LogP contribution >= 0.6 is 0 Å². The highest BCUT2D eigenvalue weighted by Gasteiger charge is 2.50. The second-order valence-electron chi connectivity index (χ2n) is 5.83. The molecule has 0 aromatic rings. The molecule has 1 N–H and O–H groups in total. The predicted molar refractivity (Wildman–Crippen MR) is 64.5 cm³/mol. The third kappa shape index (κ3) is 3.19. The van der Waals surface area contributed by atoms with Gasteiger partial charge in [-0.25, -0.2) is 0 Å². The van der Waals surface area contributed by atoms with Crippen LogP contribution in [0.5, 0.6) is 0 Å². The quantitative estimate of drug-likeness (QED) is 0.765. The van der Waals surface area contributed by atoms with Crippen molar-refractivity contribution in [3.05, 3.63) is 0 Å². The molecule has 0 aliphatic carbocycles. The highest BCUT2D eigenvalue weighted by Crippen LogP contribution is 2.40. The van der Waals surface area contributed by atoms with Gasteiger partial charge in [0.05, 0.1) is 12.7 Å². The van der Waals surface area contributed by atoms with Gasteiger partial charge in [0.25, 0.3) is 0 Å². The van der Waals surface area contributed by atoms with Gasteiger partial charge in [0.15, 0.2) is 0 Å². The molecule has 1 heterocycles. The van der Waals surface area contributed by atoms with Crippen molar-refractivity contribution >= 4 is 5.97 Å². The van der Waals surface area contributed by atoms with Crippen LogP contribution in [-0.2, 0) is 14.3 Å². The Kier molecular flexibility index (Phi) is 4.55. The van der Waals surface area contributed by atoms with Crippen molar-refractivity contribution in [1.29, 1.82) is 0 Å². The van der Waals surface area contributed by atoms with Crippen LogP contribution in [0.2, 0.25) is 0 Å². The van der Waals surface area contributed by atoms with Crippen molar-refractivity contribution in [2.24, 2.45) is 11.3 Å². The molecule has 3 atom stereocenters. The number of carbonyl (C=O) groups is 1. The van der Waals surface area contributed by atoms with Crippen molar-refractivity contribution in [3.63, 3.8) is 0 Å². The number of carbonyl (C=O) groups excluding carboxylic acids is 1. The Bertz CT molecular complexity index is 273. The third-order valence-electron chi connectivity index (χ3n) is 3.51. The topological polar surface area (TPSA) is 55.8 Å². The van der Waals surface area contributed by atoms with Crippen LogP contribution in [-0.4, -0.2) is 36.0 Å². The van der Waals surface area contributed by atoms with Crippen molar-refractivity contribution in [1.82, 2.24) is 0 Å². The van der Waals surface area contributed by atoms with Gasteiger partial charge >= 0.3 is 5.97 Å². The minimum absolute atomic E-state index is 0.0310. The first kappa shape index (κ1) is 14.5. The minimum Gasteiger partial charge on any atom is -0.459 e. The van der Waals surface area contributed by atoms with E-state index in [9.17, 15) is 9.90 Å². The number of ether oxygens (including phenoxy) is 2. The van der Waals surface area contributed by atoms with Crippen LogP contribution in [0, 0.1) is 11.3 Å². The van der Waals surface area contributed by atoms with Gasteiger partial charge in [-0.2, -0.15) is 0 Å². The summed E-state index contributed by atoms with van der Waals surface area (Å²) in [4.78, 5) is 11.7. The molecule has 17 heavy (non-hydrogen) atoms. The molecular weight excluding hydrogens is 220 g/mol. The van der Waals surface area contributed by atoms with E-state index in [-0.39, 0.29) is 36.1 Å². The van der Waals surface area contributed by atoms with Gasteiger partial charge in [-0.1, -0.05) is 27.7 Å². The Balaban J connectivity index is 2.69. The maximum atomic E-state index is 11.7. The summed E-state index contributed by atoms with van der Waals surface area (Å²) in [6.45, 7) is 9.78. The summed E-state index contributed by atoms with van der Waals surface area (Å²) in [5.41, 5.74) is -0.264. The maximum absolute atomic E-state index is 11.7. The van der Waals surface area contributed by atoms with Crippen molar-refractivity contribution in [2.75, 3.05) is 6.61 Å². The van der Waals surface area contributed by atoms with E-state index < -0.39 is 6.10 Å². The van der Waals surface area contributed by atoms with E-state index in [1.165, 1.54) is 0 Å². The van der Waals surface area contributed by atoms with E-state index >= 15 is 0 Å². The van der Waals surface area contributed by atoms with Gasteiger partial charge in [-0.15, -0.1) is 0 Å². The van der Waals surface area contributed by atoms with Gasteiger partial charge in [0.2, 0.25) is 0 Å². The second-order valence-corrected chi connectivity index (χ2v) is 5.83. The van der Waals surface area contributed by atoms with E-state index in [1.807, 2.05) is 34.6 Å². The largest absolute Gasteiger partial charge is 0.459 e. The summed E-state index contributed by atoms with van der Waals surface area (Å²) in [6.07, 6.45) is -0.402. The molecule has 100 valence electrons. The highest BCUT2D eigenvalue weighted by atomic mass is 16.6. The molecule has 4 nitrogen and oxygen atoms in total.